The summed E-state index contributed by atoms with van der Waals surface area (Å²) in [5.74, 6) is -1.42. The Bertz CT molecular complexity index is 1710. The van der Waals surface area contributed by atoms with Crippen LogP contribution in [0.25, 0.3) is 0 Å². The first kappa shape index (κ1) is 31.0. The molecule has 0 unspecified atom stereocenters. The summed E-state index contributed by atoms with van der Waals surface area (Å²) in [6.45, 7) is 5.95. The molecule has 4 amide bonds. The van der Waals surface area contributed by atoms with Crippen LogP contribution in [0.1, 0.15) is 69.2 Å². The van der Waals surface area contributed by atoms with E-state index in [0.29, 0.717) is 24.1 Å². The predicted molar refractivity (Wildman–Crippen MR) is 173 cm³/mol. The van der Waals surface area contributed by atoms with Crippen LogP contribution in [0, 0.1) is 16.7 Å². The van der Waals surface area contributed by atoms with Crippen molar-refractivity contribution in [2.45, 2.75) is 75.4 Å². The molecule has 2 aliphatic heterocycles. The third-order valence-corrected chi connectivity index (χ3v) is 9.53. The highest BCUT2D eigenvalue weighted by molar-refractivity contribution is 6.07. The Morgan fingerprint density at radius 1 is 0.957 bits per heavy atom. The van der Waals surface area contributed by atoms with E-state index in [1.165, 1.54) is 4.90 Å². The molecule has 9 nitrogen and oxygen atoms in total. The Morgan fingerprint density at radius 2 is 1.59 bits per heavy atom. The summed E-state index contributed by atoms with van der Waals surface area (Å²) in [4.78, 5) is 57.1. The lowest BCUT2D eigenvalue weighted by Gasteiger charge is -2.32. The number of nitriles is 1. The Morgan fingerprint density at radius 3 is 2.22 bits per heavy atom. The predicted octanol–water partition coefficient (Wildman–Crippen LogP) is 4.51. The van der Waals surface area contributed by atoms with E-state index in [9.17, 15) is 24.4 Å². The van der Waals surface area contributed by atoms with Gasteiger partial charge in [-0.05, 0) is 47.4 Å². The highest BCUT2D eigenvalue weighted by Crippen LogP contribution is 2.49. The number of para-hydroxylation sites is 1. The van der Waals surface area contributed by atoms with Crippen molar-refractivity contribution in [2.75, 3.05) is 11.9 Å². The maximum absolute atomic E-state index is 14.4. The van der Waals surface area contributed by atoms with Gasteiger partial charge in [0.15, 0.2) is 0 Å². The summed E-state index contributed by atoms with van der Waals surface area (Å²) in [6.07, 6.45) is 1.81. The number of benzene rings is 3. The number of anilines is 1. The molecule has 1 aliphatic carbocycles. The van der Waals surface area contributed by atoms with Gasteiger partial charge in [-0.1, -0.05) is 99.6 Å². The van der Waals surface area contributed by atoms with E-state index in [2.05, 4.69) is 22.0 Å². The number of amides is 4. The van der Waals surface area contributed by atoms with E-state index in [1.54, 1.807) is 24.3 Å². The molecule has 3 aromatic rings. The van der Waals surface area contributed by atoms with E-state index < -0.39 is 40.8 Å². The van der Waals surface area contributed by atoms with E-state index in [0.717, 1.165) is 11.1 Å². The molecule has 46 heavy (non-hydrogen) atoms. The van der Waals surface area contributed by atoms with E-state index in [4.69, 9.17) is 0 Å². The molecule has 9 heteroatoms. The summed E-state index contributed by atoms with van der Waals surface area (Å²) in [7, 11) is 0. The number of nitrogens with zero attached hydrogens (tertiary/aromatic N) is 2. The van der Waals surface area contributed by atoms with Gasteiger partial charge >= 0.3 is 0 Å². The third kappa shape index (κ3) is 5.64. The molecule has 2 fully saturated rings. The normalized spacial score (nSPS) is 22.3. The maximum atomic E-state index is 14.4. The number of hydrogen-bond acceptors (Lipinski definition) is 5. The smallest absolute Gasteiger partial charge is 0.247 e. The van der Waals surface area contributed by atoms with Crippen LogP contribution in [-0.4, -0.2) is 47.2 Å². The van der Waals surface area contributed by atoms with Gasteiger partial charge in [0.2, 0.25) is 23.6 Å². The highest BCUT2D eigenvalue weighted by Gasteiger charge is 2.57. The van der Waals surface area contributed by atoms with Crippen molar-refractivity contribution in [3.05, 3.63) is 102 Å². The van der Waals surface area contributed by atoms with Gasteiger partial charge in [0.25, 0.3) is 0 Å². The average Bonchev–Trinajstić information content (AvgIpc) is 3.70. The van der Waals surface area contributed by atoms with Gasteiger partial charge in [-0.25, -0.2) is 0 Å². The van der Waals surface area contributed by atoms with Gasteiger partial charge in [0.1, 0.15) is 18.1 Å². The number of rotatable bonds is 8. The van der Waals surface area contributed by atoms with Crippen molar-refractivity contribution >= 4 is 29.3 Å². The molecule has 6 rings (SSSR count). The molecule has 0 bridgehead atoms. The minimum atomic E-state index is -1.05. The molecule has 4 atom stereocenters. The number of carbonyl (C=O) groups is 4. The van der Waals surface area contributed by atoms with Gasteiger partial charge in [-0.2, -0.15) is 5.26 Å². The number of likely N-dealkylation sites (tertiary alicyclic amines) is 1. The van der Waals surface area contributed by atoms with Crippen molar-refractivity contribution in [3.8, 4) is 6.07 Å². The van der Waals surface area contributed by atoms with Crippen LogP contribution in [-0.2, 0) is 30.0 Å². The topological polar surface area (TPSA) is 131 Å². The van der Waals surface area contributed by atoms with E-state index in [-0.39, 0.29) is 36.6 Å². The average molecular weight is 618 g/mol. The zero-order chi connectivity index (χ0) is 32.7. The highest BCUT2D eigenvalue weighted by atomic mass is 16.2. The van der Waals surface area contributed by atoms with Gasteiger partial charge in [-0.3, -0.25) is 19.2 Å². The van der Waals surface area contributed by atoms with Crippen molar-refractivity contribution < 1.29 is 19.2 Å². The van der Waals surface area contributed by atoms with E-state index in [1.807, 2.05) is 81.4 Å². The van der Waals surface area contributed by atoms with Crippen molar-refractivity contribution in [1.29, 1.82) is 5.26 Å². The molecular formula is C37H39N5O4. The molecule has 3 aromatic carbocycles. The van der Waals surface area contributed by atoms with E-state index >= 15 is 0 Å². The zero-order valence-corrected chi connectivity index (χ0v) is 26.4. The molecule has 1 saturated heterocycles. The SMILES string of the molecule is CC(C)(C)C[C@H](NC(=O)[C@@H](NC(=O)C1(c2ccccc2)CC1)c1ccccc1)C(=O)N1C[C@]2(C[C@H]1C#N)C(=O)Nc1ccccc12. The standard InChI is InChI=1S/C37H39N5O4/c1-35(2,3)21-29(32(44)42-23-37(20-26(42)22-38)27-16-10-11-17-28(27)40-34(37)46)39-31(43)30(24-12-6-4-7-13-24)41-33(45)36(18-19-36)25-14-8-5-9-15-25/h4-17,26,29-30H,18-21,23H2,1-3H3,(H,39,43)(H,40,46)(H,41,45)/t26-,29-,30-,37-/m0/s1. The first-order chi connectivity index (χ1) is 22.0. The zero-order valence-electron chi connectivity index (χ0n) is 26.4. The summed E-state index contributed by atoms with van der Waals surface area (Å²) in [5, 5.41) is 19.1. The maximum Gasteiger partial charge on any atom is 0.247 e. The quantitative estimate of drug-likeness (QED) is 0.342. The van der Waals surface area contributed by atoms with Crippen molar-refractivity contribution in [1.82, 2.24) is 15.5 Å². The first-order valence-electron chi connectivity index (χ1n) is 15.8. The third-order valence-electron chi connectivity index (χ3n) is 9.53. The Hall–Kier alpha value is -4.97. The van der Waals surface area contributed by atoms with Crippen LogP contribution in [0.5, 0.6) is 0 Å². The van der Waals surface area contributed by atoms with Crippen LogP contribution in [0.4, 0.5) is 5.69 Å². The van der Waals surface area contributed by atoms with Crippen LogP contribution < -0.4 is 16.0 Å². The fourth-order valence-electron chi connectivity index (χ4n) is 7.00. The van der Waals surface area contributed by atoms with Gasteiger partial charge < -0.3 is 20.9 Å². The second-order valence-corrected chi connectivity index (χ2v) is 14.0. The lowest BCUT2D eigenvalue weighted by molar-refractivity contribution is -0.138. The second-order valence-electron chi connectivity index (χ2n) is 14.0. The molecule has 236 valence electrons. The number of nitrogens with one attached hydrogen (secondary N) is 3. The van der Waals surface area contributed by atoms with Crippen molar-refractivity contribution in [3.63, 3.8) is 0 Å². The number of carbonyl (C=O) groups excluding carboxylic acids is 4. The molecule has 1 spiro atoms. The molecular weight excluding hydrogens is 578 g/mol. The van der Waals surface area contributed by atoms with Gasteiger partial charge in [-0.15, -0.1) is 0 Å². The van der Waals surface area contributed by atoms with Crippen LogP contribution in [0.2, 0.25) is 0 Å². The Labute approximate surface area is 269 Å². The summed E-state index contributed by atoms with van der Waals surface area (Å²) in [6, 6.07) is 25.3. The minimum absolute atomic E-state index is 0.0296. The fraction of sp³-hybridized carbons (Fsp3) is 0.378. The number of hydrogen-bond donors (Lipinski definition) is 3. The summed E-state index contributed by atoms with van der Waals surface area (Å²) < 4.78 is 0. The summed E-state index contributed by atoms with van der Waals surface area (Å²) in [5.41, 5.74) is 0.838. The fourth-order valence-corrected chi connectivity index (χ4v) is 7.00. The van der Waals surface area contributed by atoms with Crippen LogP contribution in [0.3, 0.4) is 0 Å². The lowest BCUT2D eigenvalue weighted by Crippen LogP contribution is -2.54. The van der Waals surface area contributed by atoms with Gasteiger partial charge in [0.05, 0.1) is 16.9 Å². The second kappa shape index (κ2) is 11.8. The molecule has 2 heterocycles. The van der Waals surface area contributed by atoms with Gasteiger partial charge in [0, 0.05) is 18.7 Å². The monoisotopic (exact) mass is 617 g/mol. The Balaban J connectivity index is 1.28. The molecule has 3 aliphatic rings. The molecule has 3 N–H and O–H groups in total. The Kier molecular flexibility index (Phi) is 7.93. The summed E-state index contributed by atoms with van der Waals surface area (Å²) >= 11 is 0. The molecule has 0 aromatic heterocycles. The number of fused-ring (bicyclic) bond motifs is 2. The molecule has 1 saturated carbocycles. The lowest BCUT2D eigenvalue weighted by atomic mass is 9.80. The first-order valence-corrected chi connectivity index (χ1v) is 15.8. The van der Waals surface area contributed by atoms with Crippen molar-refractivity contribution in [2.24, 2.45) is 5.41 Å². The largest absolute Gasteiger partial charge is 0.342 e. The van der Waals surface area contributed by atoms with Crippen LogP contribution >= 0.6 is 0 Å². The molecule has 0 radical (unpaired) electrons. The van der Waals surface area contributed by atoms with Crippen LogP contribution in [0.15, 0.2) is 84.9 Å². The minimum Gasteiger partial charge on any atom is -0.342 e.